The van der Waals surface area contributed by atoms with Crippen LogP contribution in [0.1, 0.15) is 12.8 Å². The molecule has 1 heterocycles. The third-order valence-corrected chi connectivity index (χ3v) is 4.95. The van der Waals surface area contributed by atoms with Crippen LogP contribution in [-0.4, -0.2) is 45.4 Å². The Morgan fingerprint density at radius 3 is 2.68 bits per heavy atom. The molecule has 2 rings (SSSR count). The lowest BCUT2D eigenvalue weighted by Crippen LogP contribution is -2.38. The Kier molecular flexibility index (Phi) is 5.70. The highest BCUT2D eigenvalue weighted by Gasteiger charge is 2.16. The van der Waals surface area contributed by atoms with Gasteiger partial charge in [-0.05, 0) is 25.0 Å². The van der Waals surface area contributed by atoms with E-state index in [1.54, 1.807) is 30.3 Å². The summed E-state index contributed by atoms with van der Waals surface area (Å²) in [6.07, 6.45) is 3.59. The van der Waals surface area contributed by atoms with Gasteiger partial charge in [-0.15, -0.1) is 0 Å². The van der Waals surface area contributed by atoms with Gasteiger partial charge >= 0.3 is 0 Å². The fraction of sp³-hybridized carbons (Fsp3) is 0.400. The Morgan fingerprint density at radius 2 is 2.00 bits per heavy atom. The lowest BCUT2D eigenvalue weighted by Gasteiger charge is -2.26. The Labute approximate surface area is 131 Å². The number of primary amides is 1. The van der Waals surface area contributed by atoms with E-state index in [1.807, 2.05) is 4.90 Å². The molecule has 1 aliphatic rings. The quantitative estimate of drug-likeness (QED) is 0.714. The zero-order valence-electron chi connectivity index (χ0n) is 12.4. The molecule has 0 fully saturated rings. The van der Waals surface area contributed by atoms with Crippen LogP contribution < -0.4 is 10.5 Å². The Bertz CT molecular complexity index is 641. The van der Waals surface area contributed by atoms with Gasteiger partial charge in [0.25, 0.3) is 0 Å². The second kappa shape index (κ2) is 7.53. The van der Waals surface area contributed by atoms with Crippen LogP contribution in [0.25, 0.3) is 0 Å². The van der Waals surface area contributed by atoms with E-state index < -0.39 is 10.0 Å². The van der Waals surface area contributed by atoms with E-state index in [1.165, 1.54) is 0 Å². The molecule has 1 aromatic rings. The SMILES string of the molecule is NC(=O)CN1CCC=C(CCNS(=O)(=O)c2ccccc2)C1. The fourth-order valence-electron chi connectivity index (χ4n) is 2.45. The average Bonchev–Trinajstić information content (AvgIpc) is 2.48. The van der Waals surface area contributed by atoms with E-state index in [0.717, 1.165) is 18.5 Å². The van der Waals surface area contributed by atoms with Crippen molar-refractivity contribution in [3.05, 3.63) is 42.0 Å². The highest BCUT2D eigenvalue weighted by atomic mass is 32.2. The van der Waals surface area contributed by atoms with E-state index in [-0.39, 0.29) is 17.3 Å². The van der Waals surface area contributed by atoms with E-state index in [0.29, 0.717) is 19.5 Å². The van der Waals surface area contributed by atoms with Crippen molar-refractivity contribution < 1.29 is 13.2 Å². The van der Waals surface area contributed by atoms with Crippen molar-refractivity contribution in [3.63, 3.8) is 0 Å². The summed E-state index contributed by atoms with van der Waals surface area (Å²) < 4.78 is 26.8. The molecule has 0 aliphatic carbocycles. The molecule has 0 bridgehead atoms. The minimum atomic E-state index is -3.46. The van der Waals surface area contributed by atoms with Crippen LogP contribution in [0, 0.1) is 0 Å². The van der Waals surface area contributed by atoms with Gasteiger partial charge in [-0.25, -0.2) is 13.1 Å². The molecule has 1 aromatic carbocycles. The number of nitrogens with two attached hydrogens (primary N) is 1. The summed E-state index contributed by atoms with van der Waals surface area (Å²) in [4.78, 5) is 13.2. The standard InChI is InChI=1S/C15H21N3O3S/c16-15(19)12-18-10-4-5-13(11-18)8-9-17-22(20,21)14-6-2-1-3-7-14/h1-3,5-7,17H,4,8-12H2,(H2,16,19). The second-order valence-corrected chi connectivity index (χ2v) is 7.06. The molecule has 0 aromatic heterocycles. The van der Waals surface area contributed by atoms with Crippen molar-refractivity contribution >= 4 is 15.9 Å². The van der Waals surface area contributed by atoms with Crippen LogP contribution in [-0.2, 0) is 14.8 Å². The number of benzene rings is 1. The Morgan fingerprint density at radius 1 is 1.27 bits per heavy atom. The molecule has 0 atom stereocenters. The van der Waals surface area contributed by atoms with Crippen molar-refractivity contribution in [2.45, 2.75) is 17.7 Å². The summed E-state index contributed by atoms with van der Waals surface area (Å²) in [6.45, 7) is 2.05. The number of hydrogen-bond donors (Lipinski definition) is 2. The second-order valence-electron chi connectivity index (χ2n) is 5.29. The van der Waals surface area contributed by atoms with E-state index in [9.17, 15) is 13.2 Å². The van der Waals surface area contributed by atoms with Gasteiger partial charge in [0.1, 0.15) is 0 Å². The predicted molar refractivity (Wildman–Crippen MR) is 84.6 cm³/mol. The molecule has 0 unspecified atom stereocenters. The number of nitrogens with one attached hydrogen (secondary N) is 1. The van der Waals surface area contributed by atoms with Gasteiger partial charge in [-0.1, -0.05) is 29.8 Å². The summed E-state index contributed by atoms with van der Waals surface area (Å²) in [5, 5.41) is 0. The number of nitrogens with zero attached hydrogens (tertiary/aromatic N) is 1. The topological polar surface area (TPSA) is 92.5 Å². The highest BCUT2D eigenvalue weighted by Crippen LogP contribution is 2.13. The third kappa shape index (κ3) is 4.94. The highest BCUT2D eigenvalue weighted by molar-refractivity contribution is 7.89. The van der Waals surface area contributed by atoms with Gasteiger partial charge in [0, 0.05) is 19.6 Å². The molecular formula is C15H21N3O3S. The first-order valence-corrected chi connectivity index (χ1v) is 8.69. The first-order valence-electron chi connectivity index (χ1n) is 7.20. The van der Waals surface area contributed by atoms with Gasteiger partial charge < -0.3 is 5.73 Å². The molecule has 120 valence electrons. The lowest BCUT2D eigenvalue weighted by molar-refractivity contribution is -0.119. The molecule has 7 heteroatoms. The molecule has 0 saturated heterocycles. The summed E-state index contributed by atoms with van der Waals surface area (Å²) in [6, 6.07) is 8.30. The minimum absolute atomic E-state index is 0.243. The van der Waals surface area contributed by atoms with Gasteiger partial charge in [0.15, 0.2) is 0 Å². The number of rotatable bonds is 7. The van der Waals surface area contributed by atoms with Gasteiger partial charge in [-0.3, -0.25) is 9.69 Å². The molecule has 6 nitrogen and oxygen atoms in total. The zero-order chi connectivity index (χ0) is 16.0. The monoisotopic (exact) mass is 323 g/mol. The van der Waals surface area contributed by atoms with Crippen LogP contribution >= 0.6 is 0 Å². The normalized spacial score (nSPS) is 16.3. The number of carbonyl (C=O) groups excluding carboxylic acids is 1. The van der Waals surface area contributed by atoms with Crippen molar-refractivity contribution in [2.24, 2.45) is 5.73 Å². The largest absolute Gasteiger partial charge is 0.369 e. The molecule has 1 amide bonds. The Hall–Kier alpha value is -1.70. The average molecular weight is 323 g/mol. The fourth-order valence-corrected chi connectivity index (χ4v) is 3.50. The van der Waals surface area contributed by atoms with E-state index >= 15 is 0 Å². The predicted octanol–water partition coefficient (Wildman–Crippen LogP) is 0.472. The minimum Gasteiger partial charge on any atom is -0.369 e. The van der Waals surface area contributed by atoms with Crippen LogP contribution in [0.4, 0.5) is 0 Å². The maximum atomic E-state index is 12.1. The molecule has 0 spiro atoms. The summed E-state index contributed by atoms with van der Waals surface area (Å²) in [7, 11) is -3.46. The summed E-state index contributed by atoms with van der Waals surface area (Å²) in [5.74, 6) is -0.342. The number of hydrogen-bond acceptors (Lipinski definition) is 4. The van der Waals surface area contributed by atoms with Crippen LogP contribution in [0.2, 0.25) is 0 Å². The van der Waals surface area contributed by atoms with Crippen LogP contribution in [0.15, 0.2) is 46.9 Å². The zero-order valence-corrected chi connectivity index (χ0v) is 13.2. The lowest BCUT2D eigenvalue weighted by atomic mass is 10.1. The summed E-state index contributed by atoms with van der Waals surface area (Å²) in [5.41, 5.74) is 6.33. The molecule has 0 saturated carbocycles. The van der Waals surface area contributed by atoms with Crippen LogP contribution in [0.3, 0.4) is 0 Å². The molecular weight excluding hydrogens is 302 g/mol. The number of sulfonamides is 1. The maximum absolute atomic E-state index is 12.1. The van der Waals surface area contributed by atoms with Gasteiger partial charge in [0.05, 0.1) is 11.4 Å². The van der Waals surface area contributed by atoms with E-state index in [2.05, 4.69) is 10.8 Å². The molecule has 3 N–H and O–H groups in total. The first-order chi connectivity index (χ1) is 10.5. The van der Waals surface area contributed by atoms with Crippen molar-refractivity contribution in [1.29, 1.82) is 0 Å². The number of amides is 1. The van der Waals surface area contributed by atoms with Crippen molar-refractivity contribution in [1.82, 2.24) is 9.62 Å². The van der Waals surface area contributed by atoms with Crippen molar-refractivity contribution in [3.8, 4) is 0 Å². The van der Waals surface area contributed by atoms with Gasteiger partial charge in [-0.2, -0.15) is 0 Å². The molecule has 0 radical (unpaired) electrons. The smallest absolute Gasteiger partial charge is 0.240 e. The molecule has 22 heavy (non-hydrogen) atoms. The van der Waals surface area contributed by atoms with Crippen LogP contribution in [0.5, 0.6) is 0 Å². The maximum Gasteiger partial charge on any atom is 0.240 e. The van der Waals surface area contributed by atoms with E-state index in [4.69, 9.17) is 5.73 Å². The first kappa shape index (κ1) is 16.7. The third-order valence-electron chi connectivity index (χ3n) is 3.48. The number of carbonyl (C=O) groups is 1. The van der Waals surface area contributed by atoms with Crippen molar-refractivity contribution in [2.75, 3.05) is 26.2 Å². The molecule has 1 aliphatic heterocycles. The Balaban J connectivity index is 1.84. The summed E-state index contributed by atoms with van der Waals surface area (Å²) >= 11 is 0. The van der Waals surface area contributed by atoms with Gasteiger partial charge in [0.2, 0.25) is 15.9 Å².